The highest BCUT2D eigenvalue weighted by atomic mass is 16.2. The minimum absolute atomic E-state index is 0.0829. The molecule has 0 aliphatic heterocycles. The van der Waals surface area contributed by atoms with Gasteiger partial charge in [0.05, 0.1) is 11.0 Å². The highest BCUT2D eigenvalue weighted by molar-refractivity contribution is 5.97. The zero-order valence-electron chi connectivity index (χ0n) is 12.3. The maximum atomic E-state index is 12.0. The van der Waals surface area contributed by atoms with Crippen molar-refractivity contribution in [1.82, 2.24) is 14.5 Å². The summed E-state index contributed by atoms with van der Waals surface area (Å²) in [7, 11) is 3.45. The van der Waals surface area contributed by atoms with Gasteiger partial charge in [0, 0.05) is 26.2 Å². The zero-order chi connectivity index (χ0) is 14.7. The molecule has 0 radical (unpaired) electrons. The molecule has 0 aliphatic rings. The summed E-state index contributed by atoms with van der Waals surface area (Å²) in [6, 6.07) is 5.35. The van der Waals surface area contributed by atoms with Crippen molar-refractivity contribution in [2.75, 3.05) is 6.54 Å². The average molecular weight is 275 g/mol. The largest absolute Gasteiger partial charge is 0.352 e. The molecule has 1 aromatic carbocycles. The SMILES string of the molecule is CCCCCNC(=O)c1ccc2c(c1)n(C)c(=O)n2C. The molecule has 5 nitrogen and oxygen atoms in total. The van der Waals surface area contributed by atoms with E-state index in [-0.39, 0.29) is 11.6 Å². The predicted octanol–water partition coefficient (Wildman–Crippen LogP) is 1.80. The highest BCUT2D eigenvalue weighted by Gasteiger charge is 2.11. The van der Waals surface area contributed by atoms with Crippen molar-refractivity contribution < 1.29 is 4.79 Å². The number of nitrogens with zero attached hydrogens (tertiary/aromatic N) is 2. The Kier molecular flexibility index (Phi) is 4.27. The molecule has 1 N–H and O–H groups in total. The van der Waals surface area contributed by atoms with E-state index < -0.39 is 0 Å². The fraction of sp³-hybridized carbons (Fsp3) is 0.467. The molecule has 0 aliphatic carbocycles. The van der Waals surface area contributed by atoms with Crippen LogP contribution in [0.1, 0.15) is 36.5 Å². The van der Waals surface area contributed by atoms with Crippen LogP contribution in [-0.2, 0) is 14.1 Å². The van der Waals surface area contributed by atoms with Crippen molar-refractivity contribution >= 4 is 16.9 Å². The molecule has 0 unspecified atom stereocenters. The smallest absolute Gasteiger partial charge is 0.328 e. The van der Waals surface area contributed by atoms with E-state index in [1.807, 2.05) is 6.07 Å². The number of amides is 1. The Morgan fingerprint density at radius 1 is 1.15 bits per heavy atom. The standard InChI is InChI=1S/C15H21N3O2/c1-4-5-6-9-16-14(19)11-7-8-12-13(10-11)18(3)15(20)17(12)2/h7-8,10H,4-6,9H2,1-3H3,(H,16,19). The van der Waals surface area contributed by atoms with Crippen LogP contribution >= 0.6 is 0 Å². The van der Waals surface area contributed by atoms with E-state index in [1.54, 1.807) is 35.4 Å². The first-order valence-electron chi connectivity index (χ1n) is 7.00. The van der Waals surface area contributed by atoms with Gasteiger partial charge in [-0.3, -0.25) is 13.9 Å². The number of unbranched alkanes of at least 4 members (excludes halogenated alkanes) is 2. The number of nitrogens with one attached hydrogen (secondary N) is 1. The van der Waals surface area contributed by atoms with Gasteiger partial charge in [-0.25, -0.2) is 4.79 Å². The number of fused-ring (bicyclic) bond motifs is 1. The van der Waals surface area contributed by atoms with Gasteiger partial charge in [0.2, 0.25) is 0 Å². The molecule has 1 amide bonds. The van der Waals surface area contributed by atoms with Crippen LogP contribution in [0.15, 0.2) is 23.0 Å². The van der Waals surface area contributed by atoms with Crippen LogP contribution in [0, 0.1) is 0 Å². The summed E-state index contributed by atoms with van der Waals surface area (Å²) in [4.78, 5) is 23.9. The summed E-state index contributed by atoms with van der Waals surface area (Å²) in [6.07, 6.45) is 3.24. The van der Waals surface area contributed by atoms with Gasteiger partial charge in [0.15, 0.2) is 0 Å². The average Bonchev–Trinajstić information content (AvgIpc) is 2.68. The van der Waals surface area contributed by atoms with Crippen molar-refractivity contribution in [2.45, 2.75) is 26.2 Å². The van der Waals surface area contributed by atoms with E-state index in [1.165, 1.54) is 0 Å². The Balaban J connectivity index is 2.21. The molecular formula is C15H21N3O2. The molecule has 1 heterocycles. The normalized spacial score (nSPS) is 10.9. The van der Waals surface area contributed by atoms with E-state index in [2.05, 4.69) is 12.2 Å². The summed E-state index contributed by atoms with van der Waals surface area (Å²) >= 11 is 0. The Morgan fingerprint density at radius 3 is 2.55 bits per heavy atom. The molecule has 0 fully saturated rings. The number of hydrogen-bond donors (Lipinski definition) is 1. The Labute approximate surface area is 118 Å². The summed E-state index contributed by atoms with van der Waals surface area (Å²) in [5, 5.41) is 2.91. The summed E-state index contributed by atoms with van der Waals surface area (Å²) in [5.74, 6) is -0.0840. The number of carbonyl (C=O) groups is 1. The number of imidazole rings is 1. The van der Waals surface area contributed by atoms with Crippen molar-refractivity contribution in [3.8, 4) is 0 Å². The van der Waals surface area contributed by atoms with Gasteiger partial charge in [-0.2, -0.15) is 0 Å². The minimum atomic E-state index is -0.0840. The Morgan fingerprint density at radius 2 is 1.85 bits per heavy atom. The first-order chi connectivity index (χ1) is 9.56. The molecule has 0 bridgehead atoms. The van der Waals surface area contributed by atoms with Gasteiger partial charge in [0.1, 0.15) is 0 Å². The number of hydrogen-bond acceptors (Lipinski definition) is 2. The highest BCUT2D eigenvalue weighted by Crippen LogP contribution is 2.14. The van der Waals surface area contributed by atoms with Crippen LogP contribution in [0.5, 0.6) is 0 Å². The molecule has 20 heavy (non-hydrogen) atoms. The van der Waals surface area contributed by atoms with Gasteiger partial charge >= 0.3 is 5.69 Å². The van der Waals surface area contributed by atoms with Gasteiger partial charge in [0.25, 0.3) is 5.91 Å². The summed E-state index contributed by atoms with van der Waals surface area (Å²) in [6.45, 7) is 2.82. The van der Waals surface area contributed by atoms with Crippen molar-refractivity contribution in [1.29, 1.82) is 0 Å². The van der Waals surface area contributed by atoms with E-state index >= 15 is 0 Å². The summed E-state index contributed by atoms with van der Waals surface area (Å²) in [5.41, 5.74) is 2.12. The third-order valence-electron chi connectivity index (χ3n) is 3.60. The molecule has 108 valence electrons. The Bertz CT molecular complexity index is 682. The number of aryl methyl sites for hydroxylation is 2. The second kappa shape index (κ2) is 5.94. The van der Waals surface area contributed by atoms with Crippen LogP contribution in [0.4, 0.5) is 0 Å². The maximum absolute atomic E-state index is 12.0. The van der Waals surface area contributed by atoms with E-state index in [0.29, 0.717) is 12.1 Å². The lowest BCUT2D eigenvalue weighted by molar-refractivity contribution is 0.0953. The molecule has 1 aromatic heterocycles. The number of aromatic nitrogens is 2. The fourth-order valence-electron chi connectivity index (χ4n) is 2.33. The van der Waals surface area contributed by atoms with Gasteiger partial charge in [-0.1, -0.05) is 19.8 Å². The lowest BCUT2D eigenvalue weighted by Crippen LogP contribution is -2.24. The van der Waals surface area contributed by atoms with Gasteiger partial charge in [-0.05, 0) is 24.6 Å². The van der Waals surface area contributed by atoms with Crippen LogP contribution in [0.25, 0.3) is 11.0 Å². The minimum Gasteiger partial charge on any atom is -0.352 e. The lowest BCUT2D eigenvalue weighted by Gasteiger charge is -2.05. The monoisotopic (exact) mass is 275 g/mol. The molecule has 0 atom stereocenters. The Hall–Kier alpha value is -2.04. The number of rotatable bonds is 5. The van der Waals surface area contributed by atoms with Crippen LogP contribution in [0.2, 0.25) is 0 Å². The predicted molar refractivity (Wildman–Crippen MR) is 80.0 cm³/mol. The number of carbonyl (C=O) groups excluding carboxylic acids is 1. The third-order valence-corrected chi connectivity index (χ3v) is 3.60. The van der Waals surface area contributed by atoms with Crippen molar-refractivity contribution in [3.05, 3.63) is 34.2 Å². The first kappa shape index (κ1) is 14.4. The maximum Gasteiger partial charge on any atom is 0.328 e. The topological polar surface area (TPSA) is 56.0 Å². The molecule has 0 saturated carbocycles. The van der Waals surface area contributed by atoms with E-state index in [0.717, 1.165) is 30.3 Å². The van der Waals surface area contributed by atoms with E-state index in [4.69, 9.17) is 0 Å². The fourth-order valence-corrected chi connectivity index (χ4v) is 2.33. The van der Waals surface area contributed by atoms with Crippen LogP contribution < -0.4 is 11.0 Å². The molecule has 0 saturated heterocycles. The summed E-state index contributed by atoms with van der Waals surface area (Å²) < 4.78 is 3.14. The molecule has 5 heteroatoms. The van der Waals surface area contributed by atoms with Gasteiger partial charge in [-0.15, -0.1) is 0 Å². The quantitative estimate of drug-likeness (QED) is 0.846. The number of benzene rings is 1. The van der Waals surface area contributed by atoms with Crippen molar-refractivity contribution in [3.63, 3.8) is 0 Å². The first-order valence-corrected chi connectivity index (χ1v) is 7.00. The second-order valence-corrected chi connectivity index (χ2v) is 5.07. The zero-order valence-corrected chi connectivity index (χ0v) is 12.3. The molecule has 2 rings (SSSR count). The third kappa shape index (κ3) is 2.61. The molecular weight excluding hydrogens is 254 g/mol. The van der Waals surface area contributed by atoms with E-state index in [9.17, 15) is 9.59 Å². The second-order valence-electron chi connectivity index (χ2n) is 5.07. The molecule has 2 aromatic rings. The van der Waals surface area contributed by atoms with Crippen LogP contribution in [0.3, 0.4) is 0 Å². The molecule has 0 spiro atoms. The van der Waals surface area contributed by atoms with Crippen molar-refractivity contribution in [2.24, 2.45) is 14.1 Å². The van der Waals surface area contributed by atoms with Gasteiger partial charge < -0.3 is 5.32 Å². The van der Waals surface area contributed by atoms with Crippen LogP contribution in [-0.4, -0.2) is 21.6 Å². The lowest BCUT2D eigenvalue weighted by atomic mass is 10.1.